The van der Waals surface area contributed by atoms with Crippen molar-refractivity contribution >= 4 is 0 Å². The lowest BCUT2D eigenvalue weighted by molar-refractivity contribution is 0.408. The Balaban J connectivity index is 3.15. The van der Waals surface area contributed by atoms with Crippen LogP contribution in [0.4, 0.5) is 0 Å². The topological polar surface area (TPSA) is 77.0 Å². The van der Waals surface area contributed by atoms with Gasteiger partial charge < -0.3 is 10.9 Å². The summed E-state index contributed by atoms with van der Waals surface area (Å²) in [6.45, 7) is 5.78. The summed E-state index contributed by atoms with van der Waals surface area (Å²) in [6, 6.07) is 0. The first-order valence-electron chi connectivity index (χ1n) is 3.33. The van der Waals surface area contributed by atoms with Crippen LogP contribution in [-0.2, 0) is 5.41 Å². The molecule has 1 heterocycles. The number of rotatable bonds is 0. The molecular formula is C6H12N4O. The maximum Gasteiger partial charge on any atom is 0.254 e. The van der Waals surface area contributed by atoms with E-state index in [0.29, 0.717) is 5.69 Å². The molecule has 62 valence electrons. The van der Waals surface area contributed by atoms with Crippen LogP contribution in [0, 0.1) is 0 Å². The van der Waals surface area contributed by atoms with Gasteiger partial charge in [-0.05, 0) is 5.21 Å². The predicted octanol–water partition coefficient (Wildman–Crippen LogP) is -0.00500. The SMILES string of the molecule is CC(C)(C)c1nnn(N)c1O. The molecule has 1 aromatic rings. The maximum absolute atomic E-state index is 9.29. The molecule has 0 radical (unpaired) electrons. The second-order valence-electron chi connectivity index (χ2n) is 3.46. The Morgan fingerprint density at radius 1 is 1.45 bits per heavy atom. The zero-order chi connectivity index (χ0) is 8.65. The number of nitrogens with two attached hydrogens (primary N) is 1. The lowest BCUT2D eigenvalue weighted by Crippen LogP contribution is -2.13. The van der Waals surface area contributed by atoms with E-state index in [1.165, 1.54) is 0 Å². The molecule has 5 nitrogen and oxygen atoms in total. The highest BCUT2D eigenvalue weighted by molar-refractivity contribution is 5.22. The predicted molar refractivity (Wildman–Crippen MR) is 40.5 cm³/mol. The molecule has 3 N–H and O–H groups in total. The Morgan fingerprint density at radius 2 is 2.00 bits per heavy atom. The molecule has 0 aliphatic carbocycles. The van der Waals surface area contributed by atoms with Gasteiger partial charge in [0.15, 0.2) is 0 Å². The molecule has 0 amide bonds. The zero-order valence-corrected chi connectivity index (χ0v) is 6.87. The lowest BCUT2D eigenvalue weighted by Gasteiger charge is -2.13. The van der Waals surface area contributed by atoms with Crippen LogP contribution < -0.4 is 5.84 Å². The number of nitrogens with zero attached hydrogens (tertiary/aromatic N) is 3. The highest BCUT2D eigenvalue weighted by atomic mass is 16.3. The Kier molecular flexibility index (Phi) is 1.51. The van der Waals surface area contributed by atoms with Gasteiger partial charge >= 0.3 is 0 Å². The molecule has 0 unspecified atom stereocenters. The van der Waals surface area contributed by atoms with Crippen LogP contribution in [0.2, 0.25) is 0 Å². The van der Waals surface area contributed by atoms with Gasteiger partial charge in [0.05, 0.1) is 0 Å². The van der Waals surface area contributed by atoms with Crippen LogP contribution >= 0.6 is 0 Å². The van der Waals surface area contributed by atoms with E-state index in [1.54, 1.807) is 0 Å². The largest absolute Gasteiger partial charge is 0.491 e. The average Bonchev–Trinajstić information content (AvgIpc) is 2.11. The Labute approximate surface area is 64.8 Å². The Morgan fingerprint density at radius 3 is 2.18 bits per heavy atom. The van der Waals surface area contributed by atoms with E-state index in [-0.39, 0.29) is 11.3 Å². The summed E-state index contributed by atoms with van der Waals surface area (Å²) >= 11 is 0. The summed E-state index contributed by atoms with van der Waals surface area (Å²) in [4.78, 5) is 0.862. The minimum absolute atomic E-state index is 0.0718. The highest BCUT2D eigenvalue weighted by Crippen LogP contribution is 2.26. The second kappa shape index (κ2) is 2.11. The quantitative estimate of drug-likeness (QED) is 0.518. The van der Waals surface area contributed by atoms with Crippen molar-refractivity contribution in [1.82, 2.24) is 15.1 Å². The monoisotopic (exact) mass is 156 g/mol. The molecular weight excluding hydrogens is 144 g/mol. The molecule has 1 aromatic heterocycles. The minimum Gasteiger partial charge on any atom is -0.491 e. The van der Waals surface area contributed by atoms with E-state index in [1.807, 2.05) is 20.8 Å². The van der Waals surface area contributed by atoms with Gasteiger partial charge in [0, 0.05) is 5.41 Å². The fourth-order valence-electron chi connectivity index (χ4n) is 0.774. The smallest absolute Gasteiger partial charge is 0.254 e. The fourth-order valence-corrected chi connectivity index (χ4v) is 0.774. The summed E-state index contributed by atoms with van der Waals surface area (Å²) in [5.41, 5.74) is 0.293. The number of hydrogen-bond donors (Lipinski definition) is 2. The van der Waals surface area contributed by atoms with Crippen molar-refractivity contribution in [3.05, 3.63) is 5.69 Å². The first-order valence-corrected chi connectivity index (χ1v) is 3.33. The zero-order valence-electron chi connectivity index (χ0n) is 6.87. The van der Waals surface area contributed by atoms with Gasteiger partial charge in [-0.25, -0.2) is 0 Å². The summed E-state index contributed by atoms with van der Waals surface area (Å²) in [5, 5.41) is 16.5. The highest BCUT2D eigenvalue weighted by Gasteiger charge is 2.23. The van der Waals surface area contributed by atoms with Gasteiger partial charge in [0.25, 0.3) is 5.88 Å². The standard InChI is InChI=1S/C6H12N4O/c1-6(2,3)4-5(11)10(7)9-8-4/h11H,7H2,1-3H3. The summed E-state index contributed by atoms with van der Waals surface area (Å²) in [7, 11) is 0. The molecule has 0 saturated heterocycles. The molecule has 0 saturated carbocycles. The van der Waals surface area contributed by atoms with Crippen LogP contribution in [0.3, 0.4) is 0 Å². The van der Waals surface area contributed by atoms with Gasteiger partial charge in [0.2, 0.25) is 0 Å². The molecule has 0 fully saturated rings. The number of nitrogen functional groups attached to an aromatic ring is 1. The normalized spacial score (nSPS) is 11.9. The van der Waals surface area contributed by atoms with E-state index in [9.17, 15) is 5.11 Å². The molecule has 11 heavy (non-hydrogen) atoms. The lowest BCUT2D eigenvalue weighted by atomic mass is 9.93. The number of aromatic hydroxyl groups is 1. The van der Waals surface area contributed by atoms with Crippen LogP contribution in [0.1, 0.15) is 26.5 Å². The van der Waals surface area contributed by atoms with Gasteiger partial charge in [-0.3, -0.25) is 0 Å². The molecule has 0 atom stereocenters. The molecule has 0 bridgehead atoms. The molecule has 0 aliphatic heterocycles. The van der Waals surface area contributed by atoms with Crippen LogP contribution in [0.15, 0.2) is 0 Å². The second-order valence-corrected chi connectivity index (χ2v) is 3.46. The van der Waals surface area contributed by atoms with Gasteiger partial charge in [0.1, 0.15) is 5.69 Å². The van der Waals surface area contributed by atoms with Crippen molar-refractivity contribution in [3.63, 3.8) is 0 Å². The number of hydrogen-bond acceptors (Lipinski definition) is 4. The third-order valence-electron chi connectivity index (χ3n) is 1.38. The van der Waals surface area contributed by atoms with E-state index in [4.69, 9.17) is 5.84 Å². The molecule has 1 rings (SSSR count). The third-order valence-corrected chi connectivity index (χ3v) is 1.38. The first kappa shape index (κ1) is 7.84. The molecule has 5 heteroatoms. The molecule has 0 spiro atoms. The van der Waals surface area contributed by atoms with Crippen molar-refractivity contribution < 1.29 is 5.11 Å². The van der Waals surface area contributed by atoms with Crippen LogP contribution in [0.25, 0.3) is 0 Å². The fraction of sp³-hybridized carbons (Fsp3) is 0.667. The van der Waals surface area contributed by atoms with E-state index in [2.05, 4.69) is 10.3 Å². The Bertz CT molecular complexity index is 260. The molecule has 0 aromatic carbocycles. The maximum atomic E-state index is 9.29. The van der Waals surface area contributed by atoms with Gasteiger partial charge in [-0.15, -0.1) is 9.89 Å². The summed E-state index contributed by atoms with van der Waals surface area (Å²) in [5.74, 6) is 5.16. The average molecular weight is 156 g/mol. The Hall–Kier alpha value is -1.26. The summed E-state index contributed by atoms with van der Waals surface area (Å²) < 4.78 is 0. The van der Waals surface area contributed by atoms with E-state index < -0.39 is 0 Å². The van der Waals surface area contributed by atoms with Crippen molar-refractivity contribution in [2.45, 2.75) is 26.2 Å². The first-order chi connectivity index (χ1) is 4.93. The third kappa shape index (κ3) is 1.26. The van der Waals surface area contributed by atoms with Crippen LogP contribution in [-0.4, -0.2) is 20.2 Å². The minimum atomic E-state index is -0.221. The van der Waals surface area contributed by atoms with Gasteiger partial charge in [-0.1, -0.05) is 20.8 Å². The number of aromatic nitrogens is 3. The van der Waals surface area contributed by atoms with Crippen LogP contribution in [0.5, 0.6) is 5.88 Å². The van der Waals surface area contributed by atoms with Crippen molar-refractivity contribution in [2.24, 2.45) is 0 Å². The molecule has 0 aliphatic rings. The van der Waals surface area contributed by atoms with E-state index >= 15 is 0 Å². The van der Waals surface area contributed by atoms with Crippen molar-refractivity contribution in [1.29, 1.82) is 0 Å². The van der Waals surface area contributed by atoms with Gasteiger partial charge in [-0.2, -0.15) is 0 Å². The van der Waals surface area contributed by atoms with Crippen molar-refractivity contribution in [3.8, 4) is 5.88 Å². The summed E-state index contributed by atoms with van der Waals surface area (Å²) in [6.07, 6.45) is 0. The van der Waals surface area contributed by atoms with E-state index in [0.717, 1.165) is 4.79 Å². The van der Waals surface area contributed by atoms with Crippen molar-refractivity contribution in [2.75, 3.05) is 5.84 Å².